The molecule has 0 unspecified atom stereocenters. The van der Waals surface area contributed by atoms with Crippen LogP contribution in [-0.2, 0) is 0 Å². The molecule has 10 heteroatoms. The van der Waals surface area contributed by atoms with Crippen LogP contribution in [0.3, 0.4) is 0 Å². The van der Waals surface area contributed by atoms with E-state index in [0.717, 1.165) is 11.3 Å². The standard InChI is InChI=1S/C20H17N7O3/c1-11-7-9-13(10-8-11)27-12(2)16(22-26-27)19(29)24-25-20(30)17-14-5-3-4-6-15(14)18(28)23-21-17/h3-10H,1-2H3,(H,23,28)(H,24,29)(H,25,30). The van der Waals surface area contributed by atoms with Crippen LogP contribution < -0.4 is 16.4 Å². The zero-order valence-corrected chi connectivity index (χ0v) is 16.1. The first kappa shape index (κ1) is 19.0. The van der Waals surface area contributed by atoms with E-state index in [1.54, 1.807) is 31.2 Å². The quantitative estimate of drug-likeness (QED) is 0.440. The van der Waals surface area contributed by atoms with E-state index in [4.69, 9.17) is 0 Å². The summed E-state index contributed by atoms with van der Waals surface area (Å²) in [6.07, 6.45) is 0. The van der Waals surface area contributed by atoms with Crippen LogP contribution in [0.15, 0.2) is 53.3 Å². The Bertz CT molecular complexity index is 1320. The van der Waals surface area contributed by atoms with Gasteiger partial charge in [0.2, 0.25) is 0 Å². The average molecular weight is 403 g/mol. The van der Waals surface area contributed by atoms with E-state index in [-0.39, 0.29) is 11.4 Å². The summed E-state index contributed by atoms with van der Waals surface area (Å²) in [7, 11) is 0. The van der Waals surface area contributed by atoms with Gasteiger partial charge in [-0.1, -0.05) is 41.1 Å². The molecule has 30 heavy (non-hydrogen) atoms. The van der Waals surface area contributed by atoms with E-state index in [9.17, 15) is 14.4 Å². The summed E-state index contributed by atoms with van der Waals surface area (Å²) in [6, 6.07) is 14.1. The number of hydrogen-bond donors (Lipinski definition) is 3. The molecule has 0 fully saturated rings. The van der Waals surface area contributed by atoms with Gasteiger partial charge in [0.15, 0.2) is 11.4 Å². The second kappa shape index (κ2) is 7.59. The Morgan fingerprint density at radius 3 is 2.23 bits per heavy atom. The van der Waals surface area contributed by atoms with Crippen LogP contribution in [0.1, 0.15) is 32.2 Å². The molecule has 0 bridgehead atoms. The molecule has 2 amide bonds. The minimum atomic E-state index is -0.681. The second-order valence-corrected chi connectivity index (χ2v) is 6.63. The summed E-state index contributed by atoms with van der Waals surface area (Å²) in [5.41, 5.74) is 6.60. The summed E-state index contributed by atoms with van der Waals surface area (Å²) in [4.78, 5) is 36.8. The highest BCUT2D eigenvalue weighted by Gasteiger charge is 2.19. The predicted octanol–water partition coefficient (Wildman–Crippen LogP) is 1.20. The molecular weight excluding hydrogens is 386 g/mol. The predicted molar refractivity (Wildman–Crippen MR) is 108 cm³/mol. The third-order valence-electron chi connectivity index (χ3n) is 4.59. The van der Waals surface area contributed by atoms with Crippen molar-refractivity contribution in [2.24, 2.45) is 0 Å². The lowest BCUT2D eigenvalue weighted by molar-refractivity contribution is 0.0841. The summed E-state index contributed by atoms with van der Waals surface area (Å²) in [5, 5.41) is 14.7. The van der Waals surface area contributed by atoms with Gasteiger partial charge < -0.3 is 0 Å². The molecule has 2 heterocycles. The molecule has 0 saturated heterocycles. The minimum absolute atomic E-state index is 0.0227. The number of rotatable bonds is 3. The van der Waals surface area contributed by atoms with Gasteiger partial charge in [0.25, 0.3) is 17.4 Å². The molecule has 4 aromatic rings. The van der Waals surface area contributed by atoms with Gasteiger partial charge in [-0.2, -0.15) is 5.10 Å². The fourth-order valence-electron chi connectivity index (χ4n) is 2.99. The van der Waals surface area contributed by atoms with Gasteiger partial charge in [0, 0.05) is 5.39 Å². The summed E-state index contributed by atoms with van der Waals surface area (Å²) in [5.74, 6) is -1.31. The van der Waals surface area contributed by atoms with Crippen LogP contribution in [-0.4, -0.2) is 37.0 Å². The number of hydrogen-bond acceptors (Lipinski definition) is 6. The van der Waals surface area contributed by atoms with Crippen LogP contribution >= 0.6 is 0 Å². The van der Waals surface area contributed by atoms with Crippen molar-refractivity contribution in [2.75, 3.05) is 0 Å². The number of aryl methyl sites for hydroxylation is 1. The molecule has 0 atom stereocenters. The molecule has 0 radical (unpaired) electrons. The van der Waals surface area contributed by atoms with Crippen molar-refractivity contribution in [3.8, 4) is 5.69 Å². The number of H-pyrrole nitrogens is 1. The Balaban J connectivity index is 1.52. The smallest absolute Gasteiger partial charge is 0.267 e. The van der Waals surface area contributed by atoms with Crippen molar-refractivity contribution in [1.82, 2.24) is 36.0 Å². The van der Waals surface area contributed by atoms with Crippen molar-refractivity contribution >= 4 is 22.6 Å². The molecule has 0 aliphatic heterocycles. The van der Waals surface area contributed by atoms with Crippen LogP contribution in [0.5, 0.6) is 0 Å². The number of aromatic amines is 1. The van der Waals surface area contributed by atoms with Crippen LogP contribution in [0, 0.1) is 13.8 Å². The summed E-state index contributed by atoms with van der Waals surface area (Å²) >= 11 is 0. The van der Waals surface area contributed by atoms with Crippen molar-refractivity contribution in [3.05, 3.63) is 81.5 Å². The molecule has 10 nitrogen and oxygen atoms in total. The van der Waals surface area contributed by atoms with Gasteiger partial charge in [-0.3, -0.25) is 25.2 Å². The lowest BCUT2D eigenvalue weighted by Gasteiger charge is -2.08. The fraction of sp³-hybridized carbons (Fsp3) is 0.100. The lowest BCUT2D eigenvalue weighted by atomic mass is 10.1. The minimum Gasteiger partial charge on any atom is -0.267 e. The molecule has 4 rings (SSSR count). The number of hydrazine groups is 1. The first-order valence-electron chi connectivity index (χ1n) is 9.03. The number of aromatic nitrogens is 5. The van der Waals surface area contributed by atoms with Crippen LogP contribution in [0.4, 0.5) is 0 Å². The van der Waals surface area contributed by atoms with Crippen molar-refractivity contribution in [3.63, 3.8) is 0 Å². The molecule has 0 aliphatic rings. The first-order valence-corrected chi connectivity index (χ1v) is 9.03. The summed E-state index contributed by atoms with van der Waals surface area (Å²) < 4.78 is 1.53. The average Bonchev–Trinajstić information content (AvgIpc) is 3.14. The molecule has 150 valence electrons. The van der Waals surface area contributed by atoms with E-state index < -0.39 is 17.4 Å². The van der Waals surface area contributed by atoms with Gasteiger partial charge >= 0.3 is 0 Å². The van der Waals surface area contributed by atoms with E-state index in [1.165, 1.54) is 4.68 Å². The Hall–Kier alpha value is -4.34. The number of benzene rings is 2. The number of carbonyl (C=O) groups is 2. The molecule has 2 aromatic heterocycles. The van der Waals surface area contributed by atoms with Gasteiger partial charge in [-0.05, 0) is 32.0 Å². The van der Waals surface area contributed by atoms with Crippen LogP contribution in [0.25, 0.3) is 16.5 Å². The Morgan fingerprint density at radius 1 is 0.900 bits per heavy atom. The fourth-order valence-corrected chi connectivity index (χ4v) is 2.99. The zero-order valence-electron chi connectivity index (χ0n) is 16.1. The second-order valence-electron chi connectivity index (χ2n) is 6.63. The lowest BCUT2D eigenvalue weighted by Crippen LogP contribution is -2.42. The van der Waals surface area contributed by atoms with Crippen molar-refractivity contribution in [2.45, 2.75) is 13.8 Å². The van der Waals surface area contributed by atoms with E-state index >= 15 is 0 Å². The topological polar surface area (TPSA) is 135 Å². The molecule has 2 aromatic carbocycles. The maximum atomic E-state index is 12.5. The SMILES string of the molecule is Cc1ccc(-n2nnc(C(=O)NNC(=O)c3n[nH]c(=O)c4ccccc34)c2C)cc1. The highest BCUT2D eigenvalue weighted by molar-refractivity contribution is 6.05. The van der Waals surface area contributed by atoms with Crippen LogP contribution in [0.2, 0.25) is 0 Å². The molecular formula is C20H17N7O3. The molecule has 3 N–H and O–H groups in total. The third-order valence-corrected chi connectivity index (χ3v) is 4.59. The number of fused-ring (bicyclic) bond motifs is 1. The van der Waals surface area contributed by atoms with Crippen molar-refractivity contribution < 1.29 is 9.59 Å². The van der Waals surface area contributed by atoms with E-state index in [2.05, 4.69) is 31.4 Å². The Morgan fingerprint density at radius 2 is 1.53 bits per heavy atom. The van der Waals surface area contributed by atoms with Gasteiger partial charge in [-0.15, -0.1) is 5.10 Å². The normalized spacial score (nSPS) is 10.7. The zero-order chi connectivity index (χ0) is 21.3. The maximum absolute atomic E-state index is 12.5. The first-order chi connectivity index (χ1) is 14.5. The van der Waals surface area contributed by atoms with Gasteiger partial charge in [0.1, 0.15) is 0 Å². The Labute approximate surface area is 169 Å². The maximum Gasteiger partial charge on any atom is 0.292 e. The molecule has 0 spiro atoms. The highest BCUT2D eigenvalue weighted by atomic mass is 16.2. The Kier molecular flexibility index (Phi) is 4.80. The largest absolute Gasteiger partial charge is 0.292 e. The number of amides is 2. The molecule has 0 aliphatic carbocycles. The number of carbonyl (C=O) groups excluding carboxylic acids is 2. The monoisotopic (exact) mass is 403 g/mol. The summed E-state index contributed by atoms with van der Waals surface area (Å²) in [6.45, 7) is 3.67. The van der Waals surface area contributed by atoms with E-state index in [0.29, 0.717) is 16.5 Å². The molecule has 0 saturated carbocycles. The number of nitrogens with zero attached hydrogens (tertiary/aromatic N) is 4. The third kappa shape index (κ3) is 3.41. The highest BCUT2D eigenvalue weighted by Crippen LogP contribution is 2.14. The van der Waals surface area contributed by atoms with Gasteiger partial charge in [0.05, 0.1) is 16.8 Å². The van der Waals surface area contributed by atoms with Gasteiger partial charge in [-0.25, -0.2) is 9.78 Å². The van der Waals surface area contributed by atoms with Crippen molar-refractivity contribution in [1.29, 1.82) is 0 Å². The number of nitrogens with one attached hydrogen (secondary N) is 3. The van der Waals surface area contributed by atoms with E-state index in [1.807, 2.05) is 31.2 Å².